The van der Waals surface area contributed by atoms with Crippen molar-refractivity contribution >= 4 is 11.9 Å². The van der Waals surface area contributed by atoms with Gasteiger partial charge in [0.1, 0.15) is 5.60 Å². The molecule has 5 heteroatoms. The topological polar surface area (TPSA) is 77.8 Å². The third kappa shape index (κ3) is 2.07. The third-order valence-electron chi connectivity index (χ3n) is 3.76. The Morgan fingerprint density at radius 3 is 2.12 bits per heavy atom. The van der Waals surface area contributed by atoms with Crippen molar-refractivity contribution in [2.45, 2.75) is 32.3 Å². The Balaban J connectivity index is 1.99. The van der Waals surface area contributed by atoms with Gasteiger partial charge in [-0.3, -0.25) is 4.79 Å². The van der Waals surface area contributed by atoms with Crippen LogP contribution in [0.2, 0.25) is 0 Å². The van der Waals surface area contributed by atoms with E-state index in [1.807, 2.05) is 0 Å². The molecule has 0 atom stereocenters. The number of carbonyl (C=O) groups excluding carboxylic acids is 1. The van der Waals surface area contributed by atoms with E-state index in [1.165, 1.54) is 18.7 Å². The molecule has 2 fully saturated rings. The molecule has 0 aromatic rings. The lowest BCUT2D eigenvalue weighted by Crippen LogP contribution is -2.64. The van der Waals surface area contributed by atoms with Crippen LogP contribution in [0.1, 0.15) is 26.7 Å². The zero-order valence-corrected chi connectivity index (χ0v) is 10.1. The highest BCUT2D eigenvalue weighted by molar-refractivity contribution is 6.01. The molecule has 0 radical (unpaired) electrons. The maximum absolute atomic E-state index is 11.9. The number of hydrogen-bond acceptors (Lipinski definition) is 3. The summed E-state index contributed by atoms with van der Waals surface area (Å²) in [5.74, 6) is -1.03. The summed E-state index contributed by atoms with van der Waals surface area (Å²) in [6.45, 7) is 3.60. The van der Waals surface area contributed by atoms with Gasteiger partial charge < -0.3 is 15.1 Å². The number of carboxylic acid groups (broad SMARTS) is 1. The Bertz CT molecular complexity index is 403. The molecule has 1 aliphatic carbocycles. The van der Waals surface area contributed by atoms with Crippen LogP contribution in [0.15, 0.2) is 11.1 Å². The molecular weight excluding hydrogens is 222 g/mol. The van der Waals surface area contributed by atoms with Gasteiger partial charge in [-0.2, -0.15) is 0 Å². The molecule has 0 bridgehead atoms. The maximum atomic E-state index is 11.9. The van der Waals surface area contributed by atoms with Gasteiger partial charge in [-0.1, -0.05) is 0 Å². The maximum Gasteiger partial charge on any atom is 0.331 e. The van der Waals surface area contributed by atoms with Crippen LogP contribution in [-0.2, 0) is 9.59 Å². The third-order valence-corrected chi connectivity index (χ3v) is 3.76. The molecule has 1 saturated carbocycles. The molecule has 1 amide bonds. The van der Waals surface area contributed by atoms with Crippen molar-refractivity contribution in [3.05, 3.63) is 11.1 Å². The summed E-state index contributed by atoms with van der Waals surface area (Å²) >= 11 is 0. The number of nitrogens with zero attached hydrogens (tertiary/aromatic N) is 1. The van der Waals surface area contributed by atoms with Gasteiger partial charge in [0.25, 0.3) is 0 Å². The number of likely N-dealkylation sites (tertiary alicyclic amines) is 1. The summed E-state index contributed by atoms with van der Waals surface area (Å²) in [6.07, 6.45) is 2.06. The summed E-state index contributed by atoms with van der Waals surface area (Å²) < 4.78 is 0. The molecule has 1 heterocycles. The summed E-state index contributed by atoms with van der Waals surface area (Å²) in [4.78, 5) is 24.2. The number of carboxylic acids is 1. The number of β-amino-alcohol motifs (C(OH)–C–C–N with tert-alkyl or cyclic N) is 1. The highest BCUT2D eigenvalue weighted by Crippen LogP contribution is 2.44. The molecule has 2 rings (SSSR count). The Kier molecular flexibility index (Phi) is 2.73. The summed E-state index contributed by atoms with van der Waals surface area (Å²) in [5, 5.41) is 18.9. The minimum absolute atomic E-state index is 0.0665. The standard InChI is InChI=1S/C12H17NO4/c1-7(8(2)11(15)16)10(14)13-5-12(17,6-13)9-3-4-9/h9,17H,3-6H2,1-2H3,(H,15,16). The predicted molar refractivity (Wildman–Crippen MR) is 60.3 cm³/mol. The van der Waals surface area contributed by atoms with Crippen LogP contribution in [0.25, 0.3) is 0 Å². The Hall–Kier alpha value is -1.36. The van der Waals surface area contributed by atoms with E-state index < -0.39 is 11.6 Å². The summed E-state index contributed by atoms with van der Waals surface area (Å²) in [6, 6.07) is 0. The van der Waals surface area contributed by atoms with E-state index in [1.54, 1.807) is 0 Å². The van der Waals surface area contributed by atoms with E-state index >= 15 is 0 Å². The van der Waals surface area contributed by atoms with Crippen molar-refractivity contribution in [1.29, 1.82) is 0 Å². The quantitative estimate of drug-likeness (QED) is 0.698. The Labute approximate surface area is 99.7 Å². The Morgan fingerprint density at radius 1 is 1.18 bits per heavy atom. The number of rotatable bonds is 3. The second kappa shape index (κ2) is 3.84. The fourth-order valence-electron chi connectivity index (χ4n) is 2.20. The van der Waals surface area contributed by atoms with Crippen LogP contribution in [0.5, 0.6) is 0 Å². The second-order valence-electron chi connectivity index (χ2n) is 5.09. The molecule has 1 saturated heterocycles. The minimum Gasteiger partial charge on any atom is -0.478 e. The molecule has 0 unspecified atom stereocenters. The molecule has 0 aromatic heterocycles. The van der Waals surface area contributed by atoms with E-state index in [0.29, 0.717) is 19.0 Å². The number of carbonyl (C=O) groups is 2. The Morgan fingerprint density at radius 2 is 1.71 bits per heavy atom. The van der Waals surface area contributed by atoms with Gasteiger partial charge in [-0.05, 0) is 32.6 Å². The lowest BCUT2D eigenvalue weighted by atomic mass is 9.88. The summed E-state index contributed by atoms with van der Waals surface area (Å²) in [7, 11) is 0. The van der Waals surface area contributed by atoms with Crippen molar-refractivity contribution in [3.63, 3.8) is 0 Å². The van der Waals surface area contributed by atoms with Crippen molar-refractivity contribution in [2.24, 2.45) is 5.92 Å². The molecule has 2 aliphatic rings. The zero-order chi connectivity index (χ0) is 12.8. The van der Waals surface area contributed by atoms with E-state index in [2.05, 4.69) is 0 Å². The average molecular weight is 239 g/mol. The van der Waals surface area contributed by atoms with Gasteiger partial charge in [0, 0.05) is 11.1 Å². The second-order valence-corrected chi connectivity index (χ2v) is 5.09. The fraction of sp³-hybridized carbons (Fsp3) is 0.667. The van der Waals surface area contributed by atoms with Crippen LogP contribution in [0, 0.1) is 5.92 Å². The SMILES string of the molecule is CC(C(=O)O)=C(C)C(=O)N1CC(O)(C2CC2)C1. The molecule has 0 spiro atoms. The van der Waals surface area contributed by atoms with Crippen LogP contribution in [-0.4, -0.2) is 45.7 Å². The van der Waals surface area contributed by atoms with Crippen molar-refractivity contribution in [3.8, 4) is 0 Å². The van der Waals surface area contributed by atoms with E-state index in [9.17, 15) is 14.7 Å². The molecule has 1 aliphatic heterocycles. The lowest BCUT2D eigenvalue weighted by molar-refractivity contribution is -0.155. The number of aliphatic hydroxyl groups is 1. The fourth-order valence-corrected chi connectivity index (χ4v) is 2.20. The van der Waals surface area contributed by atoms with Gasteiger partial charge >= 0.3 is 5.97 Å². The normalized spacial score (nSPS) is 23.8. The zero-order valence-electron chi connectivity index (χ0n) is 10.1. The van der Waals surface area contributed by atoms with Gasteiger partial charge in [0.15, 0.2) is 0 Å². The smallest absolute Gasteiger partial charge is 0.331 e. The first kappa shape index (κ1) is 12.1. The molecule has 5 nitrogen and oxygen atoms in total. The van der Waals surface area contributed by atoms with E-state index in [0.717, 1.165) is 12.8 Å². The van der Waals surface area contributed by atoms with E-state index in [4.69, 9.17) is 5.11 Å². The van der Waals surface area contributed by atoms with Gasteiger partial charge in [-0.15, -0.1) is 0 Å². The molecular formula is C12H17NO4. The number of aliphatic carboxylic acids is 1. The van der Waals surface area contributed by atoms with Crippen molar-refractivity contribution < 1.29 is 19.8 Å². The average Bonchev–Trinajstić information content (AvgIpc) is 3.05. The van der Waals surface area contributed by atoms with Crippen LogP contribution < -0.4 is 0 Å². The summed E-state index contributed by atoms with van der Waals surface area (Å²) in [5.41, 5.74) is -0.403. The van der Waals surface area contributed by atoms with Crippen LogP contribution >= 0.6 is 0 Å². The number of hydrogen-bond donors (Lipinski definition) is 2. The highest BCUT2D eigenvalue weighted by atomic mass is 16.4. The van der Waals surface area contributed by atoms with Gasteiger partial charge in [-0.25, -0.2) is 4.79 Å². The van der Waals surface area contributed by atoms with Crippen molar-refractivity contribution in [1.82, 2.24) is 4.90 Å². The van der Waals surface area contributed by atoms with E-state index in [-0.39, 0.29) is 17.1 Å². The predicted octanol–water partition coefficient (Wildman–Crippen LogP) is 0.391. The van der Waals surface area contributed by atoms with Crippen molar-refractivity contribution in [2.75, 3.05) is 13.1 Å². The molecule has 17 heavy (non-hydrogen) atoms. The highest BCUT2D eigenvalue weighted by Gasteiger charge is 2.53. The molecule has 0 aromatic carbocycles. The lowest BCUT2D eigenvalue weighted by Gasteiger charge is -2.47. The number of amides is 1. The van der Waals surface area contributed by atoms with Crippen LogP contribution in [0.3, 0.4) is 0 Å². The first-order chi connectivity index (χ1) is 7.85. The minimum atomic E-state index is -1.08. The first-order valence-corrected chi connectivity index (χ1v) is 5.77. The first-order valence-electron chi connectivity index (χ1n) is 5.77. The monoisotopic (exact) mass is 239 g/mol. The molecule has 94 valence electrons. The molecule has 2 N–H and O–H groups in total. The van der Waals surface area contributed by atoms with Gasteiger partial charge in [0.2, 0.25) is 5.91 Å². The largest absolute Gasteiger partial charge is 0.478 e. The van der Waals surface area contributed by atoms with Gasteiger partial charge in [0.05, 0.1) is 13.1 Å². The van der Waals surface area contributed by atoms with Crippen LogP contribution in [0.4, 0.5) is 0 Å².